The fourth-order valence-electron chi connectivity index (χ4n) is 2.00. The summed E-state index contributed by atoms with van der Waals surface area (Å²) in [6, 6.07) is 7.55. The Hall–Kier alpha value is -1.75. The van der Waals surface area contributed by atoms with Gasteiger partial charge in [-0.1, -0.05) is 12.1 Å². The number of nitrogens with one attached hydrogen (secondary N) is 2. The molecule has 0 fully saturated rings. The van der Waals surface area contributed by atoms with Crippen molar-refractivity contribution in [3.05, 3.63) is 29.8 Å². The van der Waals surface area contributed by atoms with Gasteiger partial charge in [-0.25, -0.2) is 0 Å². The minimum Gasteiger partial charge on any atom is -0.491 e. The van der Waals surface area contributed by atoms with Gasteiger partial charge < -0.3 is 20.5 Å². The van der Waals surface area contributed by atoms with Crippen LogP contribution in [0.5, 0.6) is 5.75 Å². The van der Waals surface area contributed by atoms with Crippen molar-refractivity contribution in [3.8, 4) is 5.75 Å². The van der Waals surface area contributed by atoms with Crippen molar-refractivity contribution in [2.45, 2.75) is 32.5 Å². The zero-order chi connectivity index (χ0) is 14.4. The van der Waals surface area contributed by atoms with E-state index >= 15 is 0 Å². The average molecular weight is 277 g/mol. The Morgan fingerprint density at radius 2 is 2.10 bits per heavy atom. The number of aliphatic hydroxyl groups excluding tert-OH is 1. The number of ether oxygens (including phenoxy) is 1. The molecule has 1 aromatic carbocycles. The quantitative estimate of drug-likeness (QED) is 0.762. The van der Waals surface area contributed by atoms with Gasteiger partial charge >= 0.3 is 0 Å². The molecule has 0 amide bonds. The maximum atomic E-state index is 10.1. The summed E-state index contributed by atoms with van der Waals surface area (Å²) in [7, 11) is 0. The molecule has 1 unspecified atom stereocenters. The number of benzene rings is 1. The van der Waals surface area contributed by atoms with Gasteiger partial charge in [-0.2, -0.15) is 0 Å². The SMILES string of the molecule is CC(C)Oc1ccc(C(O)CNC2=NCCCN2)cc1. The van der Waals surface area contributed by atoms with Crippen molar-refractivity contribution < 1.29 is 9.84 Å². The summed E-state index contributed by atoms with van der Waals surface area (Å²) < 4.78 is 5.58. The van der Waals surface area contributed by atoms with Gasteiger partial charge in [0, 0.05) is 19.6 Å². The summed E-state index contributed by atoms with van der Waals surface area (Å²) in [6.07, 6.45) is 0.655. The molecule has 0 spiro atoms. The average Bonchev–Trinajstić information content (AvgIpc) is 2.46. The molecule has 20 heavy (non-hydrogen) atoms. The number of nitrogens with zero attached hydrogens (tertiary/aromatic N) is 1. The largest absolute Gasteiger partial charge is 0.491 e. The van der Waals surface area contributed by atoms with Crippen LogP contribution in [-0.2, 0) is 0 Å². The predicted molar refractivity (Wildman–Crippen MR) is 80.1 cm³/mol. The molecule has 110 valence electrons. The molecule has 1 atom stereocenters. The molecule has 2 rings (SSSR count). The van der Waals surface area contributed by atoms with Gasteiger partial charge in [0.25, 0.3) is 0 Å². The molecule has 0 bridgehead atoms. The van der Waals surface area contributed by atoms with Crippen molar-refractivity contribution in [1.29, 1.82) is 0 Å². The van der Waals surface area contributed by atoms with E-state index in [2.05, 4.69) is 15.6 Å². The number of aliphatic imine (C=N–C) groups is 1. The summed E-state index contributed by atoms with van der Waals surface area (Å²) in [5.41, 5.74) is 0.866. The van der Waals surface area contributed by atoms with Crippen LogP contribution in [-0.4, -0.2) is 36.8 Å². The molecule has 0 aliphatic carbocycles. The molecular weight excluding hydrogens is 254 g/mol. The van der Waals surface area contributed by atoms with Gasteiger partial charge in [-0.15, -0.1) is 0 Å². The Balaban J connectivity index is 1.85. The highest BCUT2D eigenvalue weighted by atomic mass is 16.5. The summed E-state index contributed by atoms with van der Waals surface area (Å²) in [5, 5.41) is 16.4. The van der Waals surface area contributed by atoms with Gasteiger partial charge in [-0.3, -0.25) is 4.99 Å². The van der Waals surface area contributed by atoms with Crippen LogP contribution >= 0.6 is 0 Å². The third kappa shape index (κ3) is 4.42. The van der Waals surface area contributed by atoms with Crippen molar-refractivity contribution in [2.75, 3.05) is 19.6 Å². The molecular formula is C15H23N3O2. The number of rotatable bonds is 5. The van der Waals surface area contributed by atoms with Gasteiger partial charge in [0.2, 0.25) is 0 Å². The standard InChI is InChI=1S/C15H23N3O2/c1-11(2)20-13-6-4-12(5-7-13)14(19)10-18-15-16-8-3-9-17-15/h4-7,11,14,19H,3,8-10H2,1-2H3,(H2,16,17,18). The highest BCUT2D eigenvalue weighted by Crippen LogP contribution is 2.18. The minimum atomic E-state index is -0.561. The molecule has 0 saturated carbocycles. The maximum Gasteiger partial charge on any atom is 0.191 e. The van der Waals surface area contributed by atoms with Gasteiger partial charge in [0.15, 0.2) is 5.96 Å². The van der Waals surface area contributed by atoms with E-state index in [1.165, 1.54) is 0 Å². The monoisotopic (exact) mass is 277 g/mol. The van der Waals surface area contributed by atoms with E-state index in [0.717, 1.165) is 36.8 Å². The van der Waals surface area contributed by atoms with E-state index in [4.69, 9.17) is 4.74 Å². The van der Waals surface area contributed by atoms with Gasteiger partial charge in [-0.05, 0) is 38.0 Å². The molecule has 5 heteroatoms. The number of guanidine groups is 1. The second-order valence-electron chi connectivity index (χ2n) is 5.14. The first-order valence-corrected chi connectivity index (χ1v) is 7.12. The van der Waals surface area contributed by atoms with Crippen LogP contribution in [0.25, 0.3) is 0 Å². The first-order valence-electron chi connectivity index (χ1n) is 7.12. The second-order valence-corrected chi connectivity index (χ2v) is 5.14. The van der Waals surface area contributed by atoms with E-state index in [-0.39, 0.29) is 6.10 Å². The van der Waals surface area contributed by atoms with Crippen LogP contribution in [0, 0.1) is 0 Å². The van der Waals surface area contributed by atoms with Crippen molar-refractivity contribution in [2.24, 2.45) is 4.99 Å². The fourth-order valence-corrected chi connectivity index (χ4v) is 2.00. The lowest BCUT2D eigenvalue weighted by molar-refractivity contribution is 0.180. The van der Waals surface area contributed by atoms with Crippen LogP contribution in [0.4, 0.5) is 0 Å². The van der Waals surface area contributed by atoms with Gasteiger partial charge in [0.1, 0.15) is 5.75 Å². The molecule has 3 N–H and O–H groups in total. The Bertz CT molecular complexity index is 443. The normalized spacial score (nSPS) is 16.3. The summed E-state index contributed by atoms with van der Waals surface area (Å²) in [4.78, 5) is 4.31. The molecule has 1 aliphatic heterocycles. The molecule has 0 aromatic heterocycles. The van der Waals surface area contributed by atoms with Crippen LogP contribution < -0.4 is 15.4 Å². The first-order chi connectivity index (χ1) is 9.65. The molecule has 0 radical (unpaired) electrons. The Morgan fingerprint density at radius 3 is 2.70 bits per heavy atom. The third-order valence-corrected chi connectivity index (χ3v) is 3.00. The van der Waals surface area contributed by atoms with Crippen molar-refractivity contribution in [1.82, 2.24) is 10.6 Å². The molecule has 5 nitrogen and oxygen atoms in total. The van der Waals surface area contributed by atoms with Crippen molar-refractivity contribution in [3.63, 3.8) is 0 Å². The second kappa shape index (κ2) is 7.14. The lowest BCUT2D eigenvalue weighted by atomic mass is 10.1. The van der Waals surface area contributed by atoms with E-state index in [0.29, 0.717) is 6.54 Å². The van der Waals surface area contributed by atoms with Crippen LogP contribution in [0.2, 0.25) is 0 Å². The highest BCUT2D eigenvalue weighted by Gasteiger charge is 2.10. The summed E-state index contributed by atoms with van der Waals surface area (Å²) in [6.45, 7) is 6.20. The topological polar surface area (TPSA) is 65.9 Å². The Kier molecular flexibility index (Phi) is 5.24. The van der Waals surface area contributed by atoms with Crippen LogP contribution in [0.3, 0.4) is 0 Å². The molecule has 1 aromatic rings. The van der Waals surface area contributed by atoms with Gasteiger partial charge in [0.05, 0.1) is 12.2 Å². The first kappa shape index (κ1) is 14.7. The van der Waals surface area contributed by atoms with E-state index in [9.17, 15) is 5.11 Å². The Labute approximate surface area is 120 Å². The van der Waals surface area contributed by atoms with Crippen LogP contribution in [0.15, 0.2) is 29.3 Å². The lowest BCUT2D eigenvalue weighted by Crippen LogP contribution is -2.42. The Morgan fingerprint density at radius 1 is 1.35 bits per heavy atom. The molecule has 1 aliphatic rings. The number of hydrogen-bond donors (Lipinski definition) is 3. The zero-order valence-electron chi connectivity index (χ0n) is 12.1. The fraction of sp³-hybridized carbons (Fsp3) is 0.533. The minimum absolute atomic E-state index is 0.155. The van der Waals surface area contributed by atoms with Crippen molar-refractivity contribution >= 4 is 5.96 Å². The predicted octanol–water partition coefficient (Wildman–Crippen LogP) is 1.45. The highest BCUT2D eigenvalue weighted by molar-refractivity contribution is 5.80. The molecule has 1 heterocycles. The third-order valence-electron chi connectivity index (χ3n) is 3.00. The summed E-state index contributed by atoms with van der Waals surface area (Å²) >= 11 is 0. The van der Waals surface area contributed by atoms with Crippen LogP contribution in [0.1, 0.15) is 31.9 Å². The number of aliphatic hydroxyl groups is 1. The zero-order valence-corrected chi connectivity index (χ0v) is 12.1. The maximum absolute atomic E-state index is 10.1. The summed E-state index contributed by atoms with van der Waals surface area (Å²) in [5.74, 6) is 1.59. The molecule has 0 saturated heterocycles. The van der Waals surface area contributed by atoms with E-state index < -0.39 is 6.10 Å². The van der Waals surface area contributed by atoms with E-state index in [1.807, 2.05) is 38.1 Å². The lowest BCUT2D eigenvalue weighted by Gasteiger charge is -2.18. The number of hydrogen-bond acceptors (Lipinski definition) is 5. The van der Waals surface area contributed by atoms with E-state index in [1.54, 1.807) is 0 Å². The smallest absolute Gasteiger partial charge is 0.191 e.